The highest BCUT2D eigenvalue weighted by Crippen LogP contribution is 2.19. The van der Waals surface area contributed by atoms with Crippen LogP contribution in [0.25, 0.3) is 0 Å². The Balaban J connectivity index is 2.88. The molecule has 0 unspecified atom stereocenters. The molecule has 1 rings (SSSR count). The molecule has 12 heavy (non-hydrogen) atoms. The van der Waals surface area contributed by atoms with Gasteiger partial charge in [-0.1, -0.05) is 23.7 Å². The maximum absolute atomic E-state index is 9.54. The number of hydrogen-bond acceptors (Lipinski definition) is 2. The summed E-state index contributed by atoms with van der Waals surface area (Å²) < 4.78 is 0. The highest BCUT2D eigenvalue weighted by atomic mass is 35.5. The lowest BCUT2D eigenvalue weighted by Crippen LogP contribution is -2.24. The SMILES string of the molecule is C[C@H](N)[C@@H](O)c1cccc(Cl)c1. The van der Waals surface area contributed by atoms with E-state index in [-0.39, 0.29) is 6.04 Å². The van der Waals surface area contributed by atoms with E-state index in [1.54, 1.807) is 31.2 Å². The van der Waals surface area contributed by atoms with Crippen molar-refractivity contribution < 1.29 is 5.11 Å². The molecule has 0 spiro atoms. The summed E-state index contributed by atoms with van der Waals surface area (Å²) in [5.74, 6) is 0. The van der Waals surface area contributed by atoms with Gasteiger partial charge in [-0.3, -0.25) is 0 Å². The Morgan fingerprint density at radius 3 is 2.67 bits per heavy atom. The molecule has 1 aromatic carbocycles. The Kier molecular flexibility index (Phi) is 3.09. The standard InChI is InChI=1S/C9H12ClNO/c1-6(11)9(12)7-3-2-4-8(10)5-7/h2-6,9,12H,11H2,1H3/t6-,9+/m0/s1. The van der Waals surface area contributed by atoms with E-state index >= 15 is 0 Å². The van der Waals surface area contributed by atoms with Crippen LogP contribution in [0.5, 0.6) is 0 Å². The summed E-state index contributed by atoms with van der Waals surface area (Å²) >= 11 is 5.74. The third-order valence-electron chi connectivity index (χ3n) is 1.69. The molecule has 3 N–H and O–H groups in total. The molecule has 0 saturated heterocycles. The van der Waals surface area contributed by atoms with Gasteiger partial charge in [-0.25, -0.2) is 0 Å². The summed E-state index contributed by atoms with van der Waals surface area (Å²) in [6.45, 7) is 1.76. The zero-order chi connectivity index (χ0) is 9.14. The van der Waals surface area contributed by atoms with Gasteiger partial charge >= 0.3 is 0 Å². The molecule has 0 aliphatic rings. The summed E-state index contributed by atoms with van der Waals surface area (Å²) in [4.78, 5) is 0. The Labute approximate surface area is 77.0 Å². The molecule has 0 aliphatic carbocycles. The first-order chi connectivity index (χ1) is 5.61. The number of aliphatic hydroxyl groups is 1. The smallest absolute Gasteiger partial charge is 0.0938 e. The molecule has 0 saturated carbocycles. The highest BCUT2D eigenvalue weighted by molar-refractivity contribution is 6.30. The van der Waals surface area contributed by atoms with Crippen molar-refractivity contribution in [2.45, 2.75) is 19.1 Å². The maximum Gasteiger partial charge on any atom is 0.0938 e. The third kappa shape index (κ3) is 2.21. The summed E-state index contributed by atoms with van der Waals surface area (Å²) in [6.07, 6.45) is -0.635. The van der Waals surface area contributed by atoms with Gasteiger partial charge in [0.1, 0.15) is 0 Å². The summed E-state index contributed by atoms with van der Waals surface area (Å²) in [5, 5.41) is 10.2. The fourth-order valence-corrected chi connectivity index (χ4v) is 1.19. The van der Waals surface area contributed by atoms with Gasteiger partial charge in [0.05, 0.1) is 6.10 Å². The monoisotopic (exact) mass is 185 g/mol. The second kappa shape index (κ2) is 3.90. The molecule has 3 heteroatoms. The van der Waals surface area contributed by atoms with Crippen molar-refractivity contribution in [3.63, 3.8) is 0 Å². The molecule has 0 radical (unpaired) electrons. The molecule has 2 atom stereocenters. The Morgan fingerprint density at radius 1 is 1.50 bits per heavy atom. The Morgan fingerprint density at radius 2 is 2.17 bits per heavy atom. The quantitative estimate of drug-likeness (QED) is 0.737. The van der Waals surface area contributed by atoms with Gasteiger partial charge in [0, 0.05) is 11.1 Å². The first kappa shape index (κ1) is 9.52. The number of rotatable bonds is 2. The van der Waals surface area contributed by atoms with Crippen LogP contribution >= 0.6 is 11.6 Å². The molecule has 2 nitrogen and oxygen atoms in total. The van der Waals surface area contributed by atoms with E-state index in [1.165, 1.54) is 0 Å². The van der Waals surface area contributed by atoms with Crippen LogP contribution < -0.4 is 5.73 Å². The number of hydrogen-bond donors (Lipinski definition) is 2. The van der Waals surface area contributed by atoms with Crippen molar-refractivity contribution in [1.82, 2.24) is 0 Å². The van der Waals surface area contributed by atoms with Crippen LogP contribution in [-0.4, -0.2) is 11.1 Å². The van der Waals surface area contributed by atoms with E-state index in [4.69, 9.17) is 17.3 Å². The Hall–Kier alpha value is -0.570. The van der Waals surface area contributed by atoms with Crippen molar-refractivity contribution in [3.05, 3.63) is 34.9 Å². The lowest BCUT2D eigenvalue weighted by Gasteiger charge is -2.14. The van der Waals surface area contributed by atoms with Crippen LogP contribution in [0.2, 0.25) is 5.02 Å². The van der Waals surface area contributed by atoms with E-state index in [0.29, 0.717) is 5.02 Å². The topological polar surface area (TPSA) is 46.2 Å². The van der Waals surface area contributed by atoms with Crippen LogP contribution in [0.4, 0.5) is 0 Å². The van der Waals surface area contributed by atoms with E-state index in [1.807, 2.05) is 0 Å². The minimum atomic E-state index is -0.635. The molecule has 66 valence electrons. The van der Waals surface area contributed by atoms with Crippen LogP contribution in [-0.2, 0) is 0 Å². The van der Waals surface area contributed by atoms with Crippen LogP contribution in [0.1, 0.15) is 18.6 Å². The van der Waals surface area contributed by atoms with Crippen LogP contribution in [0.15, 0.2) is 24.3 Å². The average Bonchev–Trinajstić information content (AvgIpc) is 2.03. The van der Waals surface area contributed by atoms with Crippen molar-refractivity contribution in [1.29, 1.82) is 0 Å². The second-order valence-electron chi connectivity index (χ2n) is 2.86. The van der Waals surface area contributed by atoms with Crippen molar-refractivity contribution in [2.24, 2.45) is 5.73 Å². The average molecular weight is 186 g/mol. The summed E-state index contributed by atoms with van der Waals surface area (Å²) in [6, 6.07) is 6.81. The fourth-order valence-electron chi connectivity index (χ4n) is 0.994. The number of aliphatic hydroxyl groups excluding tert-OH is 1. The molecule has 0 heterocycles. The van der Waals surface area contributed by atoms with E-state index in [0.717, 1.165) is 5.56 Å². The van der Waals surface area contributed by atoms with Gasteiger partial charge in [-0.05, 0) is 24.6 Å². The molecule has 0 bridgehead atoms. The fraction of sp³-hybridized carbons (Fsp3) is 0.333. The third-order valence-corrected chi connectivity index (χ3v) is 1.92. The van der Waals surface area contributed by atoms with Gasteiger partial charge in [-0.2, -0.15) is 0 Å². The van der Waals surface area contributed by atoms with Gasteiger partial charge in [0.15, 0.2) is 0 Å². The molecule has 0 fully saturated rings. The number of halogens is 1. The van der Waals surface area contributed by atoms with Crippen molar-refractivity contribution >= 4 is 11.6 Å². The molecule has 0 aliphatic heterocycles. The first-order valence-corrected chi connectivity index (χ1v) is 4.18. The largest absolute Gasteiger partial charge is 0.387 e. The molecule has 0 amide bonds. The minimum Gasteiger partial charge on any atom is -0.387 e. The first-order valence-electron chi connectivity index (χ1n) is 3.80. The maximum atomic E-state index is 9.54. The zero-order valence-corrected chi connectivity index (χ0v) is 7.62. The van der Waals surface area contributed by atoms with Crippen LogP contribution in [0.3, 0.4) is 0 Å². The summed E-state index contributed by atoms with van der Waals surface area (Å²) in [5.41, 5.74) is 6.29. The van der Waals surface area contributed by atoms with Gasteiger partial charge < -0.3 is 10.8 Å². The highest BCUT2D eigenvalue weighted by Gasteiger charge is 2.11. The van der Waals surface area contributed by atoms with E-state index < -0.39 is 6.10 Å². The molecular weight excluding hydrogens is 174 g/mol. The normalized spacial score (nSPS) is 15.7. The lowest BCUT2D eigenvalue weighted by atomic mass is 10.0. The lowest BCUT2D eigenvalue weighted by molar-refractivity contribution is 0.153. The van der Waals surface area contributed by atoms with E-state index in [2.05, 4.69) is 0 Å². The predicted octanol–water partition coefficient (Wildman–Crippen LogP) is 1.72. The second-order valence-corrected chi connectivity index (χ2v) is 3.30. The van der Waals surface area contributed by atoms with E-state index in [9.17, 15) is 5.11 Å². The molecular formula is C9H12ClNO. The van der Waals surface area contributed by atoms with Crippen LogP contribution in [0, 0.1) is 0 Å². The zero-order valence-electron chi connectivity index (χ0n) is 6.87. The minimum absolute atomic E-state index is 0.275. The van der Waals surface area contributed by atoms with Gasteiger partial charge in [0.2, 0.25) is 0 Å². The van der Waals surface area contributed by atoms with Gasteiger partial charge in [-0.15, -0.1) is 0 Å². The summed E-state index contributed by atoms with van der Waals surface area (Å²) in [7, 11) is 0. The number of nitrogens with two attached hydrogens (primary N) is 1. The van der Waals surface area contributed by atoms with Crippen molar-refractivity contribution in [2.75, 3.05) is 0 Å². The van der Waals surface area contributed by atoms with Crippen molar-refractivity contribution in [3.8, 4) is 0 Å². The molecule has 0 aromatic heterocycles. The van der Waals surface area contributed by atoms with Gasteiger partial charge in [0.25, 0.3) is 0 Å². The molecule has 1 aromatic rings. The number of benzene rings is 1. The Bertz CT molecular complexity index is 262. The predicted molar refractivity (Wildman–Crippen MR) is 50.1 cm³/mol.